The molecule has 0 saturated carbocycles. The van der Waals surface area contributed by atoms with Gasteiger partial charge in [-0.15, -0.1) is 0 Å². The van der Waals surface area contributed by atoms with Gasteiger partial charge in [0.25, 0.3) is 0 Å². The van der Waals surface area contributed by atoms with Crippen LogP contribution in [0.3, 0.4) is 0 Å². The summed E-state index contributed by atoms with van der Waals surface area (Å²) in [5.41, 5.74) is 4.69. The van der Waals surface area contributed by atoms with Crippen molar-refractivity contribution < 1.29 is 9.90 Å². The second kappa shape index (κ2) is 10.7. The fraction of sp³-hybridized carbons (Fsp3) is 0.381. The van der Waals surface area contributed by atoms with Crippen molar-refractivity contribution >= 4 is 5.78 Å². The van der Waals surface area contributed by atoms with Crippen LogP contribution in [-0.4, -0.2) is 17.5 Å². The molecule has 0 heterocycles. The molecular formula is C21H28O2. The van der Waals surface area contributed by atoms with Crippen LogP contribution in [0.4, 0.5) is 0 Å². The third-order valence-corrected chi connectivity index (χ3v) is 3.70. The first-order valence-electron chi connectivity index (χ1n) is 8.27. The Balaban J connectivity index is 0.000000277. The molecule has 2 aromatic rings. The van der Waals surface area contributed by atoms with Gasteiger partial charge >= 0.3 is 0 Å². The second-order valence-corrected chi connectivity index (χ2v) is 5.94. The van der Waals surface area contributed by atoms with Crippen molar-refractivity contribution in [1.82, 2.24) is 0 Å². The molecule has 0 aromatic heterocycles. The topological polar surface area (TPSA) is 37.3 Å². The van der Waals surface area contributed by atoms with Crippen molar-refractivity contribution in [3.63, 3.8) is 0 Å². The number of unbranched alkanes of at least 4 members (excludes halogenated alkanes) is 2. The molecule has 0 amide bonds. The van der Waals surface area contributed by atoms with Crippen LogP contribution in [0.15, 0.2) is 48.5 Å². The Bertz CT molecular complexity index is 547. The van der Waals surface area contributed by atoms with Gasteiger partial charge in [0, 0.05) is 12.2 Å². The maximum atomic E-state index is 11.0. The molecule has 0 atom stereocenters. The van der Waals surface area contributed by atoms with Gasteiger partial charge in [0.15, 0.2) is 5.78 Å². The third-order valence-electron chi connectivity index (χ3n) is 3.70. The molecular weight excluding hydrogens is 284 g/mol. The Kier molecular flexibility index (Phi) is 8.93. The number of Topliss-reactive ketones (excluding diaryl/α,β-unsaturated/α-hetero) is 1. The molecule has 0 unspecified atom stereocenters. The molecule has 1 N–H and O–H groups in total. The van der Waals surface area contributed by atoms with Gasteiger partial charge in [-0.3, -0.25) is 4.79 Å². The third kappa shape index (κ3) is 8.32. The molecule has 2 rings (SSSR count). The molecule has 0 bridgehead atoms. The first-order chi connectivity index (χ1) is 11.0. The molecule has 0 aliphatic rings. The predicted octanol–water partition coefficient (Wildman–Crippen LogP) is 4.90. The van der Waals surface area contributed by atoms with Gasteiger partial charge in [-0.25, -0.2) is 0 Å². The average Bonchev–Trinajstić information content (AvgIpc) is 2.55. The summed E-state index contributed by atoms with van der Waals surface area (Å²) in [6.45, 7) is 6.05. The van der Waals surface area contributed by atoms with Crippen LogP contribution in [0.5, 0.6) is 0 Å². The summed E-state index contributed by atoms with van der Waals surface area (Å²) in [6.07, 6.45) is 4.06. The molecule has 124 valence electrons. The van der Waals surface area contributed by atoms with Crippen molar-refractivity contribution in [3.05, 3.63) is 70.8 Å². The van der Waals surface area contributed by atoms with Gasteiger partial charge in [-0.05, 0) is 45.6 Å². The van der Waals surface area contributed by atoms with Gasteiger partial charge < -0.3 is 5.11 Å². The van der Waals surface area contributed by atoms with E-state index >= 15 is 0 Å². The number of benzene rings is 2. The number of carbonyl (C=O) groups is 1. The summed E-state index contributed by atoms with van der Waals surface area (Å²) in [5, 5.41) is 8.62. The average molecular weight is 312 g/mol. The van der Waals surface area contributed by atoms with Gasteiger partial charge in [-0.1, -0.05) is 66.1 Å². The van der Waals surface area contributed by atoms with Crippen LogP contribution < -0.4 is 0 Å². The highest BCUT2D eigenvalue weighted by atomic mass is 16.2. The van der Waals surface area contributed by atoms with Crippen LogP contribution >= 0.6 is 0 Å². The lowest BCUT2D eigenvalue weighted by atomic mass is 10.0. The Labute approximate surface area is 140 Å². The Morgan fingerprint density at radius 2 is 1.35 bits per heavy atom. The maximum absolute atomic E-state index is 11.0. The van der Waals surface area contributed by atoms with E-state index in [1.54, 1.807) is 6.92 Å². The molecule has 2 heteroatoms. The summed E-state index contributed by atoms with van der Waals surface area (Å²) in [5.74, 6) is 0.113. The fourth-order valence-electron chi connectivity index (χ4n) is 2.16. The van der Waals surface area contributed by atoms with Crippen molar-refractivity contribution in [2.45, 2.75) is 46.5 Å². The number of aliphatic hydroxyl groups is 1. The van der Waals surface area contributed by atoms with Gasteiger partial charge in [-0.2, -0.15) is 0 Å². The number of carbonyl (C=O) groups excluding carboxylic acids is 1. The quantitative estimate of drug-likeness (QED) is 0.608. The Morgan fingerprint density at radius 3 is 1.78 bits per heavy atom. The first-order valence-corrected chi connectivity index (χ1v) is 8.27. The molecule has 0 aliphatic carbocycles. The number of ketones is 1. The van der Waals surface area contributed by atoms with Crippen LogP contribution in [0, 0.1) is 13.8 Å². The van der Waals surface area contributed by atoms with Crippen LogP contribution in [0.1, 0.15) is 53.2 Å². The predicted molar refractivity (Wildman–Crippen MR) is 97.0 cm³/mol. The smallest absolute Gasteiger partial charge is 0.159 e. The molecule has 0 radical (unpaired) electrons. The maximum Gasteiger partial charge on any atom is 0.159 e. The highest BCUT2D eigenvalue weighted by Crippen LogP contribution is 2.09. The standard InChI is InChI=1S/C13H18O2.C8H10/c1-11(15)13-8-6-12(7-9-13)5-3-2-4-10-14;1-7-3-5-8(2)6-4-7/h6-9,14H,2-5,10H2,1H3;3-6H,1-2H3. The largest absolute Gasteiger partial charge is 0.396 e. The molecule has 0 aliphatic heterocycles. The highest BCUT2D eigenvalue weighted by Gasteiger charge is 1.98. The summed E-state index contributed by atoms with van der Waals surface area (Å²) < 4.78 is 0. The van der Waals surface area contributed by atoms with E-state index in [2.05, 4.69) is 38.1 Å². The summed E-state index contributed by atoms with van der Waals surface area (Å²) in [4.78, 5) is 11.0. The van der Waals surface area contributed by atoms with E-state index in [-0.39, 0.29) is 12.4 Å². The van der Waals surface area contributed by atoms with E-state index in [9.17, 15) is 4.79 Å². The molecule has 0 saturated heterocycles. The van der Waals surface area contributed by atoms with Crippen LogP contribution in [0.25, 0.3) is 0 Å². The van der Waals surface area contributed by atoms with Crippen molar-refractivity contribution in [2.24, 2.45) is 0 Å². The minimum Gasteiger partial charge on any atom is -0.396 e. The minimum absolute atomic E-state index is 0.113. The lowest BCUT2D eigenvalue weighted by Crippen LogP contribution is -1.93. The zero-order valence-corrected chi connectivity index (χ0v) is 14.5. The SMILES string of the molecule is CC(=O)c1ccc(CCCCCO)cc1.Cc1ccc(C)cc1. The summed E-state index contributed by atoms with van der Waals surface area (Å²) >= 11 is 0. The number of hydrogen-bond acceptors (Lipinski definition) is 2. The van der Waals surface area contributed by atoms with E-state index in [4.69, 9.17) is 5.11 Å². The van der Waals surface area contributed by atoms with E-state index in [1.165, 1.54) is 16.7 Å². The highest BCUT2D eigenvalue weighted by molar-refractivity contribution is 5.93. The first kappa shape index (κ1) is 19.1. The van der Waals surface area contributed by atoms with Crippen molar-refractivity contribution in [3.8, 4) is 0 Å². The lowest BCUT2D eigenvalue weighted by Gasteiger charge is -2.02. The fourth-order valence-corrected chi connectivity index (χ4v) is 2.16. The van der Waals surface area contributed by atoms with Crippen molar-refractivity contribution in [1.29, 1.82) is 0 Å². The number of rotatable bonds is 6. The van der Waals surface area contributed by atoms with Crippen LogP contribution in [0.2, 0.25) is 0 Å². The minimum atomic E-state index is 0.113. The molecule has 2 aromatic carbocycles. The number of aryl methyl sites for hydroxylation is 3. The zero-order chi connectivity index (χ0) is 17.1. The lowest BCUT2D eigenvalue weighted by molar-refractivity contribution is 0.101. The Hall–Kier alpha value is -1.93. The van der Waals surface area contributed by atoms with E-state index < -0.39 is 0 Å². The van der Waals surface area contributed by atoms with E-state index in [0.29, 0.717) is 0 Å². The monoisotopic (exact) mass is 312 g/mol. The van der Waals surface area contributed by atoms with Gasteiger partial charge in [0.1, 0.15) is 0 Å². The normalized spacial score (nSPS) is 9.91. The van der Waals surface area contributed by atoms with Gasteiger partial charge in [0.2, 0.25) is 0 Å². The molecule has 0 spiro atoms. The second-order valence-electron chi connectivity index (χ2n) is 5.94. The van der Waals surface area contributed by atoms with Crippen molar-refractivity contribution in [2.75, 3.05) is 6.61 Å². The molecule has 23 heavy (non-hydrogen) atoms. The number of hydrogen-bond donors (Lipinski definition) is 1. The van der Waals surface area contributed by atoms with E-state index in [0.717, 1.165) is 31.2 Å². The van der Waals surface area contributed by atoms with Crippen LogP contribution in [-0.2, 0) is 6.42 Å². The molecule has 0 fully saturated rings. The van der Waals surface area contributed by atoms with E-state index in [1.807, 2.05) is 24.3 Å². The summed E-state index contributed by atoms with van der Waals surface area (Å²) in [7, 11) is 0. The van der Waals surface area contributed by atoms with Gasteiger partial charge in [0.05, 0.1) is 0 Å². The molecule has 2 nitrogen and oxygen atoms in total. The Morgan fingerprint density at radius 1 is 0.826 bits per heavy atom. The zero-order valence-electron chi connectivity index (χ0n) is 14.5. The summed E-state index contributed by atoms with van der Waals surface area (Å²) in [6, 6.07) is 16.3. The number of aliphatic hydroxyl groups excluding tert-OH is 1.